The molecule has 1 aromatic rings. The minimum Gasteiger partial charge on any atom is -0.371 e. The highest BCUT2D eigenvalue weighted by molar-refractivity contribution is 5.76. The lowest BCUT2D eigenvalue weighted by Gasteiger charge is -2.24. The highest BCUT2D eigenvalue weighted by Gasteiger charge is 2.18. The molecule has 1 amide bonds. The van der Waals surface area contributed by atoms with Crippen LogP contribution in [0, 0.1) is 5.41 Å². The van der Waals surface area contributed by atoms with Gasteiger partial charge in [-0.05, 0) is 5.56 Å². The first-order valence-electron chi connectivity index (χ1n) is 6.56. The molecule has 0 aromatic heterocycles. The molecule has 0 aliphatic heterocycles. The van der Waals surface area contributed by atoms with Gasteiger partial charge in [0, 0.05) is 25.6 Å². The fourth-order valence-electron chi connectivity index (χ4n) is 1.68. The van der Waals surface area contributed by atoms with E-state index in [9.17, 15) is 4.79 Å². The Hall–Kier alpha value is -1.39. The van der Waals surface area contributed by atoms with Crippen molar-refractivity contribution in [1.29, 1.82) is 0 Å². The highest BCUT2D eigenvalue weighted by Crippen LogP contribution is 2.14. The molecule has 0 fully saturated rings. The van der Waals surface area contributed by atoms with E-state index in [1.54, 1.807) is 7.05 Å². The quantitative estimate of drug-likeness (QED) is 0.749. The predicted molar refractivity (Wildman–Crippen MR) is 76.8 cm³/mol. The molecular formula is C15H24N2O2. The second kappa shape index (κ2) is 7.92. The Balaban J connectivity index is 2.21. The molecule has 106 valence electrons. The smallest absolute Gasteiger partial charge is 0.245 e. The molecule has 0 saturated carbocycles. The zero-order valence-corrected chi connectivity index (χ0v) is 12.0. The monoisotopic (exact) mass is 264 g/mol. The number of hydrogen-bond acceptors (Lipinski definition) is 3. The first-order chi connectivity index (χ1) is 9.03. The van der Waals surface area contributed by atoms with E-state index in [-0.39, 0.29) is 17.9 Å². The summed E-state index contributed by atoms with van der Waals surface area (Å²) in [7, 11) is 1.61. The van der Waals surface area contributed by atoms with E-state index in [1.807, 2.05) is 18.2 Å². The summed E-state index contributed by atoms with van der Waals surface area (Å²) < 4.78 is 5.40. The van der Waals surface area contributed by atoms with E-state index < -0.39 is 0 Å². The van der Waals surface area contributed by atoms with Crippen LogP contribution in [0.1, 0.15) is 19.4 Å². The average Bonchev–Trinajstić information content (AvgIpc) is 2.39. The standard InChI is InChI=1S/C15H24N2O2/c1-15(2,12-19-10-14(18)16-3)11-17-9-13-7-5-4-6-8-13/h4-8,17H,9-12H2,1-3H3,(H,16,18). The van der Waals surface area contributed by atoms with Gasteiger partial charge >= 0.3 is 0 Å². The van der Waals surface area contributed by atoms with Crippen LogP contribution in [0.2, 0.25) is 0 Å². The van der Waals surface area contributed by atoms with Gasteiger partial charge in [0.1, 0.15) is 6.61 Å². The van der Waals surface area contributed by atoms with Gasteiger partial charge in [-0.15, -0.1) is 0 Å². The lowest BCUT2D eigenvalue weighted by atomic mass is 9.95. The number of rotatable bonds is 8. The molecule has 0 aliphatic rings. The van der Waals surface area contributed by atoms with Crippen molar-refractivity contribution in [3.8, 4) is 0 Å². The third-order valence-electron chi connectivity index (χ3n) is 2.78. The molecule has 0 saturated heterocycles. The molecular weight excluding hydrogens is 240 g/mol. The predicted octanol–water partition coefficient (Wildman–Crippen LogP) is 1.56. The molecule has 4 nitrogen and oxygen atoms in total. The van der Waals surface area contributed by atoms with Crippen molar-refractivity contribution in [2.75, 3.05) is 26.8 Å². The van der Waals surface area contributed by atoms with E-state index in [2.05, 4.69) is 36.6 Å². The largest absolute Gasteiger partial charge is 0.371 e. The molecule has 0 unspecified atom stereocenters. The Morgan fingerprint density at radius 3 is 2.58 bits per heavy atom. The van der Waals surface area contributed by atoms with Crippen LogP contribution in [-0.2, 0) is 16.1 Å². The molecule has 4 heteroatoms. The third kappa shape index (κ3) is 6.94. The summed E-state index contributed by atoms with van der Waals surface area (Å²) in [6, 6.07) is 10.3. The van der Waals surface area contributed by atoms with Gasteiger partial charge in [-0.3, -0.25) is 4.79 Å². The van der Waals surface area contributed by atoms with Crippen LogP contribution in [0.25, 0.3) is 0 Å². The maximum atomic E-state index is 11.0. The number of carbonyl (C=O) groups excluding carboxylic acids is 1. The SMILES string of the molecule is CNC(=O)COCC(C)(C)CNCc1ccccc1. The first-order valence-corrected chi connectivity index (χ1v) is 6.56. The lowest BCUT2D eigenvalue weighted by Crippen LogP contribution is -2.34. The summed E-state index contributed by atoms with van der Waals surface area (Å²) in [4.78, 5) is 11.0. The summed E-state index contributed by atoms with van der Waals surface area (Å²) in [6.07, 6.45) is 0. The Kier molecular flexibility index (Phi) is 6.53. The van der Waals surface area contributed by atoms with E-state index in [0.29, 0.717) is 6.61 Å². The molecule has 0 aliphatic carbocycles. The fraction of sp³-hybridized carbons (Fsp3) is 0.533. The van der Waals surface area contributed by atoms with Gasteiger partial charge in [0.2, 0.25) is 5.91 Å². The zero-order chi connectivity index (χ0) is 14.1. The van der Waals surface area contributed by atoms with Crippen LogP contribution in [0.5, 0.6) is 0 Å². The zero-order valence-electron chi connectivity index (χ0n) is 12.0. The van der Waals surface area contributed by atoms with E-state index >= 15 is 0 Å². The van der Waals surface area contributed by atoms with Crippen molar-refractivity contribution in [3.63, 3.8) is 0 Å². The molecule has 0 spiro atoms. The van der Waals surface area contributed by atoms with Crippen molar-refractivity contribution in [3.05, 3.63) is 35.9 Å². The second-order valence-electron chi connectivity index (χ2n) is 5.42. The number of amides is 1. The van der Waals surface area contributed by atoms with E-state index in [0.717, 1.165) is 13.1 Å². The number of ether oxygens (including phenoxy) is 1. The lowest BCUT2D eigenvalue weighted by molar-refractivity contribution is -0.126. The third-order valence-corrected chi connectivity index (χ3v) is 2.78. The Bertz CT molecular complexity index is 377. The molecule has 1 rings (SSSR count). The number of hydrogen-bond donors (Lipinski definition) is 2. The minimum absolute atomic E-state index is 0.00278. The van der Waals surface area contributed by atoms with Gasteiger partial charge in [-0.1, -0.05) is 44.2 Å². The molecule has 2 N–H and O–H groups in total. The van der Waals surface area contributed by atoms with Crippen LogP contribution in [-0.4, -0.2) is 32.7 Å². The highest BCUT2D eigenvalue weighted by atomic mass is 16.5. The molecule has 0 bridgehead atoms. The maximum absolute atomic E-state index is 11.0. The normalized spacial score (nSPS) is 11.3. The molecule has 19 heavy (non-hydrogen) atoms. The summed E-state index contributed by atoms with van der Waals surface area (Å²) in [6.45, 7) is 6.61. The fourth-order valence-corrected chi connectivity index (χ4v) is 1.68. The summed E-state index contributed by atoms with van der Waals surface area (Å²) in [5.41, 5.74) is 1.27. The molecule has 0 atom stereocenters. The summed E-state index contributed by atoms with van der Waals surface area (Å²) in [5.74, 6) is -0.0898. The number of likely N-dealkylation sites (N-methyl/N-ethyl adjacent to an activating group) is 1. The van der Waals surface area contributed by atoms with Crippen molar-refractivity contribution in [2.45, 2.75) is 20.4 Å². The molecule has 0 radical (unpaired) electrons. The van der Waals surface area contributed by atoms with E-state index in [4.69, 9.17) is 4.74 Å². The van der Waals surface area contributed by atoms with Crippen molar-refractivity contribution in [2.24, 2.45) is 5.41 Å². The number of nitrogens with one attached hydrogen (secondary N) is 2. The summed E-state index contributed by atoms with van der Waals surface area (Å²) in [5, 5.41) is 5.95. The van der Waals surface area contributed by atoms with Gasteiger partial charge in [-0.25, -0.2) is 0 Å². The topological polar surface area (TPSA) is 50.4 Å². The number of carbonyl (C=O) groups is 1. The van der Waals surface area contributed by atoms with Crippen LogP contribution in [0.15, 0.2) is 30.3 Å². The Morgan fingerprint density at radius 1 is 1.26 bits per heavy atom. The van der Waals surface area contributed by atoms with Crippen molar-refractivity contribution >= 4 is 5.91 Å². The van der Waals surface area contributed by atoms with Crippen LogP contribution < -0.4 is 10.6 Å². The van der Waals surface area contributed by atoms with Crippen molar-refractivity contribution in [1.82, 2.24) is 10.6 Å². The van der Waals surface area contributed by atoms with Gasteiger partial charge < -0.3 is 15.4 Å². The van der Waals surface area contributed by atoms with Crippen LogP contribution in [0.4, 0.5) is 0 Å². The first kappa shape index (κ1) is 15.7. The van der Waals surface area contributed by atoms with E-state index in [1.165, 1.54) is 5.56 Å². The Morgan fingerprint density at radius 2 is 1.95 bits per heavy atom. The molecule has 0 heterocycles. The van der Waals surface area contributed by atoms with Gasteiger partial charge in [0.05, 0.1) is 6.61 Å². The summed E-state index contributed by atoms with van der Waals surface area (Å²) >= 11 is 0. The van der Waals surface area contributed by atoms with Gasteiger partial charge in [0.15, 0.2) is 0 Å². The maximum Gasteiger partial charge on any atom is 0.245 e. The van der Waals surface area contributed by atoms with Crippen molar-refractivity contribution < 1.29 is 9.53 Å². The second-order valence-corrected chi connectivity index (χ2v) is 5.42. The average molecular weight is 264 g/mol. The minimum atomic E-state index is -0.0898. The van der Waals surface area contributed by atoms with Crippen LogP contribution in [0.3, 0.4) is 0 Å². The van der Waals surface area contributed by atoms with Crippen LogP contribution >= 0.6 is 0 Å². The molecule has 1 aromatic carbocycles. The number of benzene rings is 1. The van der Waals surface area contributed by atoms with Gasteiger partial charge in [-0.2, -0.15) is 0 Å². The van der Waals surface area contributed by atoms with Gasteiger partial charge in [0.25, 0.3) is 0 Å². The Labute approximate surface area is 115 Å².